The van der Waals surface area contributed by atoms with Crippen LogP contribution < -0.4 is 4.80 Å². The molecule has 3 heterocycles. The number of nitro benzene ring substituents is 1. The number of non-ortho nitro benzene ring substituents is 1. The number of benzene rings is 1. The monoisotopic (exact) mass is 490 g/mol. The van der Waals surface area contributed by atoms with Crippen molar-refractivity contribution in [3.63, 3.8) is 0 Å². The second-order valence-electron chi connectivity index (χ2n) is 7.17. The summed E-state index contributed by atoms with van der Waals surface area (Å²) in [6.07, 6.45) is 6.55. The van der Waals surface area contributed by atoms with Crippen LogP contribution in [0, 0.1) is 28.4 Å². The lowest BCUT2D eigenvalue weighted by molar-refractivity contribution is -0.384. The van der Waals surface area contributed by atoms with Crippen LogP contribution in [0.4, 0.5) is 5.69 Å². The minimum atomic E-state index is -3.64. The Labute approximate surface area is 191 Å². The van der Waals surface area contributed by atoms with Crippen LogP contribution in [-0.4, -0.2) is 41.2 Å². The highest BCUT2D eigenvalue weighted by atomic mass is 32.2. The fourth-order valence-corrected chi connectivity index (χ4v) is 7.27. The fraction of sp³-hybridized carbons (Fsp3) is 0.300. The fourth-order valence-electron chi connectivity index (χ4n) is 3.59. The van der Waals surface area contributed by atoms with Gasteiger partial charge in [-0.05, 0) is 30.4 Å². The lowest BCUT2D eigenvalue weighted by Gasteiger charge is -2.29. The van der Waals surface area contributed by atoms with Gasteiger partial charge in [0.25, 0.3) is 21.6 Å². The maximum absolute atomic E-state index is 13.0. The Hall–Kier alpha value is -2.85. The number of thiophene rings is 1. The molecule has 0 bridgehead atoms. The molecule has 4 rings (SSSR count). The molecule has 1 unspecified atom stereocenters. The van der Waals surface area contributed by atoms with E-state index < -0.39 is 26.8 Å². The van der Waals surface area contributed by atoms with E-state index in [1.165, 1.54) is 27.8 Å². The molecule has 1 amide bonds. The molecule has 1 fully saturated rings. The molecule has 0 spiro atoms. The summed E-state index contributed by atoms with van der Waals surface area (Å²) in [7, 11) is -3.64. The molecule has 3 aromatic rings. The molecule has 0 aliphatic carbocycles. The van der Waals surface area contributed by atoms with Gasteiger partial charge in [0.15, 0.2) is 4.80 Å². The van der Waals surface area contributed by atoms with E-state index in [-0.39, 0.29) is 23.0 Å². The van der Waals surface area contributed by atoms with Crippen LogP contribution in [0.15, 0.2) is 44.9 Å². The van der Waals surface area contributed by atoms with Crippen LogP contribution in [0.5, 0.6) is 0 Å². The maximum Gasteiger partial charge on any atom is 0.271 e. The first-order valence-corrected chi connectivity index (χ1v) is 12.8. The number of sulfonamides is 1. The quantitative estimate of drug-likeness (QED) is 0.310. The van der Waals surface area contributed by atoms with Crippen LogP contribution in [0.2, 0.25) is 0 Å². The molecule has 0 radical (unpaired) electrons. The topological polar surface area (TPSA) is 115 Å². The third-order valence-electron chi connectivity index (χ3n) is 5.15. The lowest BCUT2D eigenvalue weighted by Crippen LogP contribution is -2.42. The molecule has 0 saturated carbocycles. The number of rotatable bonds is 5. The van der Waals surface area contributed by atoms with Crippen molar-refractivity contribution in [3.8, 4) is 12.3 Å². The summed E-state index contributed by atoms with van der Waals surface area (Å²) in [5, 5.41) is 12.8. The number of hydrogen-bond donors (Lipinski definition) is 0. The molecule has 1 aliphatic heterocycles. The van der Waals surface area contributed by atoms with Gasteiger partial charge < -0.3 is 4.57 Å². The number of carbonyl (C=O) groups is 1. The third-order valence-corrected chi connectivity index (χ3v) is 9.45. The first-order chi connectivity index (χ1) is 15.3. The van der Waals surface area contributed by atoms with Crippen LogP contribution >= 0.6 is 22.7 Å². The summed E-state index contributed by atoms with van der Waals surface area (Å²) < 4.78 is 29.6. The summed E-state index contributed by atoms with van der Waals surface area (Å²) >= 11 is 2.35. The van der Waals surface area contributed by atoms with E-state index in [4.69, 9.17) is 6.42 Å². The van der Waals surface area contributed by atoms with Gasteiger partial charge in [0, 0.05) is 25.2 Å². The zero-order valence-electron chi connectivity index (χ0n) is 16.7. The predicted octanol–water partition coefficient (Wildman–Crippen LogP) is 2.83. The highest BCUT2D eigenvalue weighted by molar-refractivity contribution is 7.91. The minimum absolute atomic E-state index is 0.0636. The van der Waals surface area contributed by atoms with Crippen molar-refractivity contribution >= 4 is 54.5 Å². The van der Waals surface area contributed by atoms with E-state index in [0.29, 0.717) is 34.4 Å². The minimum Gasteiger partial charge on any atom is -0.304 e. The molecule has 166 valence electrons. The number of piperidine rings is 1. The second-order valence-corrected chi connectivity index (χ2v) is 11.3. The summed E-state index contributed by atoms with van der Waals surface area (Å²) in [5.41, 5.74) is 0.444. The Morgan fingerprint density at radius 3 is 2.88 bits per heavy atom. The number of amides is 1. The Bertz CT molecular complexity index is 1400. The number of aromatic nitrogens is 1. The molecular weight excluding hydrogens is 472 g/mol. The molecule has 1 atom stereocenters. The summed E-state index contributed by atoms with van der Waals surface area (Å²) in [6.45, 7) is 0.512. The highest BCUT2D eigenvalue weighted by Gasteiger charge is 2.33. The van der Waals surface area contributed by atoms with Gasteiger partial charge in [0.2, 0.25) is 0 Å². The van der Waals surface area contributed by atoms with Crippen molar-refractivity contribution in [1.29, 1.82) is 0 Å². The summed E-state index contributed by atoms with van der Waals surface area (Å²) in [4.78, 5) is 28.2. The summed E-state index contributed by atoms with van der Waals surface area (Å²) in [6, 6.07) is 7.62. The number of carbonyl (C=O) groups excluding carboxylic acids is 1. The van der Waals surface area contributed by atoms with Gasteiger partial charge in [-0.15, -0.1) is 17.8 Å². The number of nitro groups is 1. The van der Waals surface area contributed by atoms with Crippen molar-refractivity contribution in [2.45, 2.75) is 23.6 Å². The number of fused-ring (bicyclic) bond motifs is 1. The van der Waals surface area contributed by atoms with Gasteiger partial charge in [-0.2, -0.15) is 9.30 Å². The third kappa shape index (κ3) is 4.24. The van der Waals surface area contributed by atoms with Crippen LogP contribution in [0.25, 0.3) is 10.2 Å². The average molecular weight is 491 g/mol. The van der Waals surface area contributed by atoms with Gasteiger partial charge in [-0.1, -0.05) is 23.3 Å². The number of nitrogens with zero attached hydrogens (tertiary/aromatic N) is 4. The van der Waals surface area contributed by atoms with E-state index >= 15 is 0 Å². The van der Waals surface area contributed by atoms with Gasteiger partial charge in [-0.25, -0.2) is 8.42 Å². The molecule has 1 aliphatic rings. The molecule has 0 N–H and O–H groups in total. The Kier molecular flexibility index (Phi) is 6.25. The molecular formula is C20H18N4O5S3. The average Bonchev–Trinajstić information content (AvgIpc) is 3.43. The van der Waals surface area contributed by atoms with Crippen molar-refractivity contribution < 1.29 is 18.1 Å². The molecule has 9 nitrogen and oxygen atoms in total. The normalized spacial score (nSPS) is 18.0. The highest BCUT2D eigenvalue weighted by Crippen LogP contribution is 2.27. The SMILES string of the molecule is C#CCn1c(=NC(=O)C2CCCN(S(=O)(=O)c3cccs3)C2)sc2ccc([N+](=O)[O-])cc21. The van der Waals surface area contributed by atoms with E-state index in [1.807, 2.05) is 0 Å². The Balaban J connectivity index is 1.66. The first kappa shape index (κ1) is 22.3. The van der Waals surface area contributed by atoms with Crippen molar-refractivity contribution in [2.24, 2.45) is 10.9 Å². The van der Waals surface area contributed by atoms with E-state index in [1.54, 1.807) is 28.1 Å². The molecule has 1 saturated heterocycles. The van der Waals surface area contributed by atoms with E-state index in [2.05, 4.69) is 10.9 Å². The van der Waals surface area contributed by atoms with Crippen molar-refractivity contribution in [2.75, 3.05) is 13.1 Å². The second kappa shape index (κ2) is 8.95. The van der Waals surface area contributed by atoms with Crippen LogP contribution in [-0.2, 0) is 21.4 Å². The number of terminal acetylenes is 1. The number of hydrogen-bond acceptors (Lipinski definition) is 7. The standard InChI is InChI=1S/C20H18N4O5S3/c1-2-9-23-16-12-15(24(26)27)7-8-17(16)31-20(23)21-19(25)14-5-3-10-22(13-14)32(28,29)18-6-4-11-30-18/h1,4,6-8,11-12,14H,3,5,9-10,13H2. The first-order valence-electron chi connectivity index (χ1n) is 9.64. The number of thiazole rings is 1. The molecule has 12 heteroatoms. The van der Waals surface area contributed by atoms with Gasteiger partial charge in [-0.3, -0.25) is 14.9 Å². The van der Waals surface area contributed by atoms with Gasteiger partial charge >= 0.3 is 0 Å². The largest absolute Gasteiger partial charge is 0.304 e. The van der Waals surface area contributed by atoms with Gasteiger partial charge in [0.1, 0.15) is 4.21 Å². The molecule has 32 heavy (non-hydrogen) atoms. The lowest BCUT2D eigenvalue weighted by atomic mass is 9.99. The van der Waals surface area contributed by atoms with Crippen molar-refractivity contribution in [3.05, 3.63) is 50.6 Å². The van der Waals surface area contributed by atoms with E-state index in [0.717, 1.165) is 11.3 Å². The van der Waals surface area contributed by atoms with Crippen LogP contribution in [0.1, 0.15) is 12.8 Å². The molecule has 2 aromatic heterocycles. The zero-order chi connectivity index (χ0) is 22.9. The Morgan fingerprint density at radius 2 is 2.19 bits per heavy atom. The maximum atomic E-state index is 13.0. The summed E-state index contributed by atoms with van der Waals surface area (Å²) in [5.74, 6) is 1.49. The van der Waals surface area contributed by atoms with Gasteiger partial charge in [0.05, 0.1) is 27.6 Å². The van der Waals surface area contributed by atoms with Crippen molar-refractivity contribution in [1.82, 2.24) is 8.87 Å². The van der Waals surface area contributed by atoms with E-state index in [9.17, 15) is 23.3 Å². The van der Waals surface area contributed by atoms with Crippen LogP contribution in [0.3, 0.4) is 0 Å². The smallest absolute Gasteiger partial charge is 0.271 e. The zero-order valence-corrected chi connectivity index (χ0v) is 19.2. The molecule has 1 aromatic carbocycles. The Morgan fingerprint density at radius 1 is 1.38 bits per heavy atom. The predicted molar refractivity (Wildman–Crippen MR) is 122 cm³/mol.